The van der Waals surface area contributed by atoms with Gasteiger partial charge in [0.2, 0.25) is 0 Å². The Hall–Kier alpha value is -2.23. The van der Waals surface area contributed by atoms with Crippen molar-refractivity contribution in [2.24, 2.45) is 0 Å². The van der Waals surface area contributed by atoms with Gasteiger partial charge in [-0.3, -0.25) is 4.90 Å². The Bertz CT molecular complexity index is 935. The van der Waals surface area contributed by atoms with E-state index in [9.17, 15) is 0 Å². The molecule has 4 heteroatoms. The fourth-order valence-electron chi connectivity index (χ4n) is 3.51. The van der Waals surface area contributed by atoms with Gasteiger partial charge in [0.15, 0.2) is 5.82 Å². The maximum absolute atomic E-state index is 5.97. The third-order valence-corrected chi connectivity index (χ3v) is 5.26. The summed E-state index contributed by atoms with van der Waals surface area (Å²) >= 11 is 5.97. The molecule has 2 heterocycles. The number of aryl methyl sites for hydroxylation is 2. The maximum atomic E-state index is 5.97. The lowest BCUT2D eigenvalue weighted by Crippen LogP contribution is -2.31. The first-order valence-corrected chi connectivity index (χ1v) is 9.35. The van der Waals surface area contributed by atoms with E-state index in [0.717, 1.165) is 42.5 Å². The van der Waals surface area contributed by atoms with Crippen molar-refractivity contribution in [3.8, 4) is 11.4 Å². The van der Waals surface area contributed by atoms with Crippen LogP contribution >= 0.6 is 11.6 Å². The zero-order chi connectivity index (χ0) is 18.1. The lowest BCUT2D eigenvalue weighted by Gasteiger charge is -2.28. The van der Waals surface area contributed by atoms with E-state index in [1.807, 2.05) is 30.5 Å². The smallest absolute Gasteiger partial charge is 0.159 e. The molecule has 1 aliphatic heterocycles. The first-order valence-electron chi connectivity index (χ1n) is 8.98. The van der Waals surface area contributed by atoms with Gasteiger partial charge in [-0.2, -0.15) is 0 Å². The summed E-state index contributed by atoms with van der Waals surface area (Å²) in [6, 6.07) is 14.4. The molecule has 0 fully saturated rings. The van der Waals surface area contributed by atoms with Gasteiger partial charge in [-0.05, 0) is 49.2 Å². The van der Waals surface area contributed by atoms with Crippen molar-refractivity contribution in [1.82, 2.24) is 14.9 Å². The predicted octanol–water partition coefficient (Wildman–Crippen LogP) is 4.97. The summed E-state index contributed by atoms with van der Waals surface area (Å²) in [6.45, 7) is 7.25. The largest absolute Gasteiger partial charge is 0.294 e. The van der Waals surface area contributed by atoms with Gasteiger partial charge in [-0.15, -0.1) is 0 Å². The van der Waals surface area contributed by atoms with Gasteiger partial charge in [0, 0.05) is 48.4 Å². The number of hydrogen-bond donors (Lipinski definition) is 0. The minimum atomic E-state index is 0.730. The van der Waals surface area contributed by atoms with Crippen LogP contribution < -0.4 is 0 Å². The number of fused-ring (bicyclic) bond motifs is 1. The standard InChI is InChI=1S/C22H22ClN3/c1-15-3-4-18(16(2)11-15)13-26-10-9-21-19(14-26)12-24-22(25-21)17-5-7-20(23)8-6-17/h3-8,11-12H,9-10,13-14H2,1-2H3. The highest BCUT2D eigenvalue weighted by Crippen LogP contribution is 2.24. The molecular formula is C22H22ClN3. The van der Waals surface area contributed by atoms with Crippen molar-refractivity contribution in [2.75, 3.05) is 6.54 Å². The molecule has 0 saturated carbocycles. The van der Waals surface area contributed by atoms with Crippen molar-refractivity contribution in [1.29, 1.82) is 0 Å². The van der Waals surface area contributed by atoms with Crippen LogP contribution in [0.2, 0.25) is 5.02 Å². The monoisotopic (exact) mass is 363 g/mol. The molecule has 0 aliphatic carbocycles. The Morgan fingerprint density at radius 2 is 1.88 bits per heavy atom. The van der Waals surface area contributed by atoms with E-state index in [0.29, 0.717) is 0 Å². The zero-order valence-corrected chi connectivity index (χ0v) is 15.9. The molecule has 0 bridgehead atoms. The van der Waals surface area contributed by atoms with Gasteiger partial charge in [0.05, 0.1) is 5.69 Å². The Kier molecular flexibility index (Phi) is 4.75. The van der Waals surface area contributed by atoms with E-state index in [1.165, 1.54) is 27.9 Å². The average molecular weight is 364 g/mol. The van der Waals surface area contributed by atoms with Gasteiger partial charge in [-0.25, -0.2) is 9.97 Å². The average Bonchev–Trinajstić information content (AvgIpc) is 2.64. The highest BCUT2D eigenvalue weighted by Gasteiger charge is 2.19. The Morgan fingerprint density at radius 3 is 2.65 bits per heavy atom. The lowest BCUT2D eigenvalue weighted by atomic mass is 10.0. The van der Waals surface area contributed by atoms with E-state index in [1.54, 1.807) is 0 Å². The van der Waals surface area contributed by atoms with E-state index in [4.69, 9.17) is 16.6 Å². The fourth-order valence-corrected chi connectivity index (χ4v) is 3.64. The second kappa shape index (κ2) is 7.18. The quantitative estimate of drug-likeness (QED) is 0.657. The summed E-state index contributed by atoms with van der Waals surface area (Å²) in [5.41, 5.74) is 7.50. The molecule has 3 nitrogen and oxygen atoms in total. The summed E-state index contributed by atoms with van der Waals surface area (Å²) in [5.74, 6) is 0.781. The lowest BCUT2D eigenvalue weighted by molar-refractivity contribution is 0.242. The van der Waals surface area contributed by atoms with Crippen LogP contribution in [0.15, 0.2) is 48.7 Å². The minimum Gasteiger partial charge on any atom is -0.294 e. The van der Waals surface area contributed by atoms with Gasteiger partial charge in [-0.1, -0.05) is 35.4 Å². The molecule has 2 aromatic carbocycles. The number of nitrogens with zero attached hydrogens (tertiary/aromatic N) is 3. The molecule has 0 spiro atoms. The molecule has 0 radical (unpaired) electrons. The molecule has 0 N–H and O–H groups in total. The molecule has 0 saturated heterocycles. The first kappa shape index (κ1) is 17.2. The van der Waals surface area contributed by atoms with E-state index >= 15 is 0 Å². The van der Waals surface area contributed by atoms with Crippen LogP contribution in [0.25, 0.3) is 11.4 Å². The molecule has 0 atom stereocenters. The molecule has 1 aromatic heterocycles. The summed E-state index contributed by atoms with van der Waals surface area (Å²) in [7, 11) is 0. The normalized spacial score (nSPS) is 14.3. The van der Waals surface area contributed by atoms with Crippen LogP contribution in [0, 0.1) is 13.8 Å². The number of rotatable bonds is 3. The molecule has 4 rings (SSSR count). The molecule has 26 heavy (non-hydrogen) atoms. The molecule has 1 aliphatic rings. The molecule has 132 valence electrons. The van der Waals surface area contributed by atoms with Crippen molar-refractivity contribution in [2.45, 2.75) is 33.4 Å². The number of hydrogen-bond acceptors (Lipinski definition) is 3. The molecule has 0 amide bonds. The van der Waals surface area contributed by atoms with Crippen LogP contribution in [0.1, 0.15) is 27.9 Å². The Labute approximate surface area is 159 Å². The minimum absolute atomic E-state index is 0.730. The van der Waals surface area contributed by atoms with Crippen molar-refractivity contribution in [3.05, 3.63) is 81.6 Å². The Morgan fingerprint density at radius 1 is 1.08 bits per heavy atom. The summed E-state index contributed by atoms with van der Waals surface area (Å²) in [5, 5.41) is 0.730. The molecule has 3 aromatic rings. The third-order valence-electron chi connectivity index (χ3n) is 5.01. The van der Waals surface area contributed by atoms with E-state index < -0.39 is 0 Å². The van der Waals surface area contributed by atoms with Crippen molar-refractivity contribution in [3.63, 3.8) is 0 Å². The Balaban J connectivity index is 1.51. The van der Waals surface area contributed by atoms with Crippen LogP contribution in [0.4, 0.5) is 0 Å². The number of aromatic nitrogens is 2. The van der Waals surface area contributed by atoms with Crippen LogP contribution in [-0.4, -0.2) is 21.4 Å². The topological polar surface area (TPSA) is 29.0 Å². The molecular weight excluding hydrogens is 342 g/mol. The van der Waals surface area contributed by atoms with Crippen LogP contribution in [0.3, 0.4) is 0 Å². The van der Waals surface area contributed by atoms with Gasteiger partial charge < -0.3 is 0 Å². The highest BCUT2D eigenvalue weighted by molar-refractivity contribution is 6.30. The first-order chi connectivity index (χ1) is 12.6. The highest BCUT2D eigenvalue weighted by atomic mass is 35.5. The SMILES string of the molecule is Cc1ccc(CN2CCc3nc(-c4ccc(Cl)cc4)ncc3C2)c(C)c1. The van der Waals surface area contributed by atoms with Gasteiger partial charge in [0.25, 0.3) is 0 Å². The van der Waals surface area contributed by atoms with Gasteiger partial charge >= 0.3 is 0 Å². The summed E-state index contributed by atoms with van der Waals surface area (Å²) in [6.07, 6.45) is 2.95. The van der Waals surface area contributed by atoms with Crippen LogP contribution in [-0.2, 0) is 19.5 Å². The maximum Gasteiger partial charge on any atom is 0.159 e. The van der Waals surface area contributed by atoms with Gasteiger partial charge in [0.1, 0.15) is 0 Å². The number of halogens is 1. The summed E-state index contributed by atoms with van der Waals surface area (Å²) in [4.78, 5) is 11.9. The zero-order valence-electron chi connectivity index (χ0n) is 15.2. The van der Waals surface area contributed by atoms with E-state index in [-0.39, 0.29) is 0 Å². The van der Waals surface area contributed by atoms with Crippen molar-refractivity contribution < 1.29 is 0 Å². The van der Waals surface area contributed by atoms with Crippen molar-refractivity contribution >= 4 is 11.6 Å². The summed E-state index contributed by atoms with van der Waals surface area (Å²) < 4.78 is 0. The second-order valence-corrected chi connectivity index (χ2v) is 7.50. The second-order valence-electron chi connectivity index (χ2n) is 7.06. The van der Waals surface area contributed by atoms with E-state index in [2.05, 4.69) is 41.9 Å². The fraction of sp³-hybridized carbons (Fsp3) is 0.273. The van der Waals surface area contributed by atoms with Crippen LogP contribution in [0.5, 0.6) is 0 Å². The molecule has 0 unspecified atom stereocenters. The third kappa shape index (κ3) is 3.64. The number of benzene rings is 2. The predicted molar refractivity (Wildman–Crippen MR) is 106 cm³/mol.